The Morgan fingerprint density at radius 2 is 2.05 bits per heavy atom. The number of carboxylic acid groups (broad SMARTS) is 1. The summed E-state index contributed by atoms with van der Waals surface area (Å²) >= 11 is 0. The summed E-state index contributed by atoms with van der Waals surface area (Å²) < 4.78 is 27.5. The topological polar surface area (TPSA) is 92.5 Å². The van der Waals surface area contributed by atoms with E-state index in [-0.39, 0.29) is 18.0 Å². The van der Waals surface area contributed by atoms with Crippen LogP contribution in [0.1, 0.15) is 27.2 Å². The molecular weight excluding hydrogens is 270 g/mol. The van der Waals surface area contributed by atoms with Crippen molar-refractivity contribution in [2.75, 3.05) is 6.54 Å². The number of carboxylic acids is 1. The summed E-state index contributed by atoms with van der Waals surface area (Å²) in [6, 6.07) is 1.40. The van der Waals surface area contributed by atoms with Crippen LogP contribution < -0.4 is 0 Å². The van der Waals surface area contributed by atoms with E-state index < -0.39 is 21.5 Å². The Kier molecular flexibility index (Phi) is 4.36. The predicted molar refractivity (Wildman–Crippen MR) is 69.1 cm³/mol. The van der Waals surface area contributed by atoms with Crippen molar-refractivity contribution in [1.29, 1.82) is 0 Å². The fourth-order valence-electron chi connectivity index (χ4n) is 1.74. The van der Waals surface area contributed by atoms with E-state index in [0.717, 1.165) is 0 Å². The number of nitrogens with zero attached hydrogens (tertiary/aromatic N) is 3. The number of aromatic nitrogens is 2. The minimum Gasteiger partial charge on any atom is -0.481 e. The van der Waals surface area contributed by atoms with Crippen LogP contribution in [0.3, 0.4) is 0 Å². The lowest BCUT2D eigenvalue weighted by Crippen LogP contribution is -2.47. The maximum Gasteiger partial charge on any atom is 0.304 e. The van der Waals surface area contributed by atoms with Crippen molar-refractivity contribution in [3.8, 4) is 0 Å². The van der Waals surface area contributed by atoms with E-state index in [9.17, 15) is 13.2 Å². The first-order valence-corrected chi connectivity index (χ1v) is 7.23. The molecule has 1 heterocycles. The Morgan fingerprint density at radius 3 is 2.42 bits per heavy atom. The van der Waals surface area contributed by atoms with E-state index in [2.05, 4.69) is 5.10 Å². The molecule has 108 valence electrons. The molecule has 1 rings (SSSR count). The molecule has 0 spiro atoms. The molecule has 7 nitrogen and oxygen atoms in total. The van der Waals surface area contributed by atoms with Crippen molar-refractivity contribution in [3.05, 3.63) is 12.3 Å². The van der Waals surface area contributed by atoms with E-state index in [1.807, 2.05) is 0 Å². The third-order valence-corrected chi connectivity index (χ3v) is 4.85. The second kappa shape index (κ2) is 5.30. The Bertz CT molecular complexity index is 557. The molecule has 8 heteroatoms. The van der Waals surface area contributed by atoms with Gasteiger partial charge in [-0.25, -0.2) is 8.42 Å². The van der Waals surface area contributed by atoms with Gasteiger partial charge in [-0.1, -0.05) is 0 Å². The fourth-order valence-corrected chi connectivity index (χ4v) is 3.63. The van der Waals surface area contributed by atoms with Gasteiger partial charge in [0.05, 0.1) is 12.6 Å². The van der Waals surface area contributed by atoms with Crippen molar-refractivity contribution < 1.29 is 18.3 Å². The van der Waals surface area contributed by atoms with E-state index in [1.54, 1.807) is 20.8 Å². The number of carbonyl (C=O) groups is 1. The van der Waals surface area contributed by atoms with Crippen LogP contribution in [0.25, 0.3) is 0 Å². The van der Waals surface area contributed by atoms with Crippen LogP contribution in [-0.2, 0) is 21.9 Å². The van der Waals surface area contributed by atoms with Crippen LogP contribution in [0, 0.1) is 0 Å². The van der Waals surface area contributed by atoms with Crippen molar-refractivity contribution in [3.63, 3.8) is 0 Å². The first-order valence-electron chi connectivity index (χ1n) is 5.79. The zero-order valence-electron chi connectivity index (χ0n) is 11.5. The summed E-state index contributed by atoms with van der Waals surface area (Å²) in [6.07, 6.45) is 1.15. The van der Waals surface area contributed by atoms with Crippen molar-refractivity contribution in [1.82, 2.24) is 14.1 Å². The number of aliphatic carboxylic acids is 1. The van der Waals surface area contributed by atoms with Gasteiger partial charge in [0, 0.05) is 19.1 Å². The smallest absolute Gasteiger partial charge is 0.304 e. The average Bonchev–Trinajstić information content (AvgIpc) is 2.62. The highest BCUT2D eigenvalue weighted by Crippen LogP contribution is 2.24. The van der Waals surface area contributed by atoms with Gasteiger partial charge in [-0.3, -0.25) is 9.48 Å². The number of hydrogen-bond donors (Lipinski definition) is 1. The minimum absolute atomic E-state index is 0.0489. The zero-order valence-corrected chi connectivity index (χ0v) is 12.3. The number of rotatable bonds is 5. The number of hydrogen-bond acceptors (Lipinski definition) is 4. The van der Waals surface area contributed by atoms with Crippen LogP contribution in [0.2, 0.25) is 0 Å². The van der Waals surface area contributed by atoms with Gasteiger partial charge in [-0.15, -0.1) is 0 Å². The summed E-state index contributed by atoms with van der Waals surface area (Å²) in [5, 5.41) is 12.6. The van der Waals surface area contributed by atoms with E-state index in [0.29, 0.717) is 0 Å². The molecule has 1 aromatic heterocycles. The second-order valence-corrected chi connectivity index (χ2v) is 6.99. The molecule has 0 bridgehead atoms. The second-order valence-electron chi connectivity index (χ2n) is 5.18. The van der Waals surface area contributed by atoms with E-state index in [1.165, 1.54) is 28.3 Å². The highest BCUT2D eigenvalue weighted by atomic mass is 32.2. The standard InChI is InChI=1S/C11H19N3O4S/c1-11(2,3)14(8-6-10(15)16)19(17,18)9-5-7-12-13(9)4/h5,7H,6,8H2,1-4H3,(H,15,16). The third-order valence-electron chi connectivity index (χ3n) is 2.61. The molecule has 1 N–H and O–H groups in total. The first-order chi connectivity index (χ1) is 8.56. The highest BCUT2D eigenvalue weighted by molar-refractivity contribution is 7.89. The molecule has 0 saturated heterocycles. The lowest BCUT2D eigenvalue weighted by atomic mass is 10.1. The molecule has 0 saturated carbocycles. The fraction of sp³-hybridized carbons (Fsp3) is 0.636. The molecule has 0 aliphatic carbocycles. The van der Waals surface area contributed by atoms with Crippen LogP contribution in [0.15, 0.2) is 17.3 Å². The highest BCUT2D eigenvalue weighted by Gasteiger charge is 2.35. The molecule has 0 amide bonds. The molecule has 0 fully saturated rings. The van der Waals surface area contributed by atoms with Gasteiger partial charge in [0.15, 0.2) is 5.03 Å². The van der Waals surface area contributed by atoms with E-state index in [4.69, 9.17) is 5.11 Å². The summed E-state index contributed by atoms with van der Waals surface area (Å²) in [6.45, 7) is 5.10. The van der Waals surface area contributed by atoms with Crippen molar-refractivity contribution >= 4 is 16.0 Å². The van der Waals surface area contributed by atoms with Crippen LogP contribution in [-0.4, -0.2) is 45.7 Å². The molecular formula is C11H19N3O4S. The zero-order chi connectivity index (χ0) is 14.8. The molecule has 0 aliphatic heterocycles. The van der Waals surface area contributed by atoms with Gasteiger partial charge in [0.1, 0.15) is 0 Å². The van der Waals surface area contributed by atoms with Gasteiger partial charge in [0.25, 0.3) is 10.0 Å². The van der Waals surface area contributed by atoms with Crippen LogP contribution >= 0.6 is 0 Å². The maximum atomic E-state index is 12.5. The Hall–Kier alpha value is -1.41. The number of aryl methyl sites for hydroxylation is 1. The lowest BCUT2D eigenvalue weighted by molar-refractivity contribution is -0.137. The first kappa shape index (κ1) is 15.6. The SMILES string of the molecule is Cn1nccc1S(=O)(=O)N(CCC(=O)O)C(C)(C)C. The summed E-state index contributed by atoms with van der Waals surface area (Å²) in [7, 11) is -2.24. The van der Waals surface area contributed by atoms with Crippen LogP contribution in [0.4, 0.5) is 0 Å². The minimum atomic E-state index is -3.77. The van der Waals surface area contributed by atoms with E-state index >= 15 is 0 Å². The molecule has 0 aromatic carbocycles. The number of sulfonamides is 1. The van der Waals surface area contributed by atoms with Gasteiger partial charge >= 0.3 is 5.97 Å². The lowest BCUT2D eigenvalue weighted by Gasteiger charge is -2.33. The largest absolute Gasteiger partial charge is 0.481 e. The monoisotopic (exact) mass is 289 g/mol. The van der Waals surface area contributed by atoms with Crippen molar-refractivity contribution in [2.24, 2.45) is 7.05 Å². The third kappa shape index (κ3) is 3.54. The van der Waals surface area contributed by atoms with Crippen LogP contribution in [0.5, 0.6) is 0 Å². The van der Waals surface area contributed by atoms with Gasteiger partial charge in [0.2, 0.25) is 0 Å². The molecule has 0 aliphatic rings. The summed E-state index contributed by atoms with van der Waals surface area (Å²) in [5.41, 5.74) is -0.710. The van der Waals surface area contributed by atoms with Gasteiger partial charge < -0.3 is 5.11 Å². The molecule has 0 radical (unpaired) electrons. The Balaban J connectivity index is 3.18. The Labute approximate surface area is 112 Å². The maximum absolute atomic E-state index is 12.5. The Morgan fingerprint density at radius 1 is 1.47 bits per heavy atom. The van der Waals surface area contributed by atoms with Gasteiger partial charge in [-0.2, -0.15) is 9.40 Å². The molecule has 19 heavy (non-hydrogen) atoms. The summed E-state index contributed by atoms with van der Waals surface area (Å²) in [4.78, 5) is 10.7. The predicted octanol–water partition coefficient (Wildman–Crippen LogP) is 0.684. The van der Waals surface area contributed by atoms with Gasteiger partial charge in [-0.05, 0) is 26.8 Å². The molecule has 0 unspecified atom stereocenters. The quantitative estimate of drug-likeness (QED) is 0.860. The molecule has 1 aromatic rings. The average molecular weight is 289 g/mol. The summed E-state index contributed by atoms with van der Waals surface area (Å²) in [5.74, 6) is -1.03. The van der Waals surface area contributed by atoms with Crippen molar-refractivity contribution in [2.45, 2.75) is 37.8 Å². The normalized spacial score (nSPS) is 12.9. The molecule has 0 atom stereocenters.